The quantitative estimate of drug-likeness (QED) is 0.571. The summed E-state index contributed by atoms with van der Waals surface area (Å²) in [5, 5.41) is 0. The van der Waals surface area contributed by atoms with Crippen molar-refractivity contribution in [3.05, 3.63) is 34.8 Å². The Morgan fingerprint density at radius 1 is 1.00 bits per heavy atom. The minimum absolute atomic E-state index is 0. The first-order valence-electron chi connectivity index (χ1n) is 2.10. The van der Waals surface area contributed by atoms with Crippen LogP contribution in [0.2, 0.25) is 0 Å². The van der Waals surface area contributed by atoms with Gasteiger partial charge in [-0.05, 0) is 12.1 Å². The average Bonchev–Trinajstić information content (AvgIpc) is 1.69. The lowest BCUT2D eigenvalue weighted by atomic mass is 10.4. The fourth-order valence-electron chi connectivity index (χ4n) is 0.415. The Labute approximate surface area is 56.0 Å². The zero-order chi connectivity index (χ0) is 5.11. The van der Waals surface area contributed by atoms with Crippen LogP contribution in [0, 0.1) is 0 Å². The minimum Gasteiger partial charge on any atom is -0.269 e. The minimum atomic E-state index is 0. The predicted molar refractivity (Wildman–Crippen MR) is 36.6 cm³/mol. The van der Waals surface area contributed by atoms with Gasteiger partial charge < -0.3 is 0 Å². The maximum atomic E-state index is 3.31. The van der Waals surface area contributed by atoms with Crippen LogP contribution in [0.1, 0.15) is 0 Å². The van der Waals surface area contributed by atoms with Gasteiger partial charge in [0, 0.05) is 4.47 Å². The zero-order valence-electron chi connectivity index (χ0n) is 4.17. The molecule has 0 saturated heterocycles. The maximum absolute atomic E-state index is 3.31. The number of hydrogen-bond donors (Lipinski definition) is 0. The van der Waals surface area contributed by atoms with Gasteiger partial charge in [-0.2, -0.15) is 0 Å². The van der Waals surface area contributed by atoms with Crippen LogP contribution < -0.4 is 0 Å². The van der Waals surface area contributed by atoms with E-state index in [0.717, 1.165) is 4.47 Å². The van der Waals surface area contributed by atoms with Gasteiger partial charge in [-0.3, -0.25) is 4.70 Å². The Hall–Kier alpha value is -0.370. The fraction of sp³-hybridized carbons (Fsp3) is 0. The molecule has 1 aromatic rings. The van der Waals surface area contributed by atoms with Gasteiger partial charge in [0.2, 0.25) is 0 Å². The van der Waals surface area contributed by atoms with Crippen LogP contribution in [-0.4, -0.2) is 0 Å². The normalized spacial score (nSPS) is 7.62. The molecule has 1 rings (SSSR count). The molecule has 0 radical (unpaired) electrons. The molecule has 0 fully saturated rings. The molecule has 2 heteroatoms. The van der Waals surface area contributed by atoms with Crippen molar-refractivity contribution in [1.29, 1.82) is 0 Å². The highest BCUT2D eigenvalue weighted by Crippen LogP contribution is 2.05. The van der Waals surface area contributed by atoms with Crippen molar-refractivity contribution in [1.82, 2.24) is 0 Å². The van der Waals surface area contributed by atoms with Crippen LogP contribution in [-0.2, 0) is 0 Å². The van der Waals surface area contributed by atoms with Crippen LogP contribution in [0.4, 0.5) is 4.70 Å². The summed E-state index contributed by atoms with van der Waals surface area (Å²) in [7, 11) is 0. The van der Waals surface area contributed by atoms with Crippen molar-refractivity contribution in [3.8, 4) is 0 Å². The molecule has 0 aliphatic heterocycles. The molecule has 0 atom stereocenters. The standard InChI is InChI=1S/C6H5Br.FH/c7-6-4-2-1-3-5-6;/h1-5H;1H. The molecule has 8 heavy (non-hydrogen) atoms. The number of benzene rings is 1. The molecule has 0 saturated carbocycles. The number of rotatable bonds is 0. The van der Waals surface area contributed by atoms with E-state index in [9.17, 15) is 0 Å². The third-order valence-corrected chi connectivity index (χ3v) is 1.26. The van der Waals surface area contributed by atoms with Crippen molar-refractivity contribution >= 4 is 15.9 Å². The molecule has 0 aliphatic rings. The van der Waals surface area contributed by atoms with Gasteiger partial charge in [0.05, 0.1) is 0 Å². The van der Waals surface area contributed by atoms with Crippen molar-refractivity contribution in [3.63, 3.8) is 0 Å². The van der Waals surface area contributed by atoms with E-state index in [1.54, 1.807) is 0 Å². The highest BCUT2D eigenvalue weighted by Gasteiger charge is 1.74. The third kappa shape index (κ3) is 2.07. The summed E-state index contributed by atoms with van der Waals surface area (Å²) in [5.74, 6) is 0. The molecular formula is C6H6BrF. The van der Waals surface area contributed by atoms with Gasteiger partial charge in [-0.25, -0.2) is 0 Å². The first-order chi connectivity index (χ1) is 3.39. The van der Waals surface area contributed by atoms with Gasteiger partial charge in [0.1, 0.15) is 0 Å². The summed E-state index contributed by atoms with van der Waals surface area (Å²) in [5.41, 5.74) is 0. The Bertz CT molecular complexity index is 138. The molecule has 0 amide bonds. The summed E-state index contributed by atoms with van der Waals surface area (Å²) in [6, 6.07) is 9.97. The monoisotopic (exact) mass is 176 g/mol. The topological polar surface area (TPSA) is 0 Å². The van der Waals surface area contributed by atoms with Gasteiger partial charge in [0.15, 0.2) is 0 Å². The van der Waals surface area contributed by atoms with Crippen molar-refractivity contribution < 1.29 is 4.70 Å². The van der Waals surface area contributed by atoms with E-state index < -0.39 is 0 Å². The van der Waals surface area contributed by atoms with E-state index in [1.807, 2.05) is 30.3 Å². The van der Waals surface area contributed by atoms with Gasteiger partial charge in [-0.15, -0.1) is 0 Å². The molecule has 0 heterocycles. The summed E-state index contributed by atoms with van der Waals surface area (Å²) in [6.07, 6.45) is 0. The Kier molecular flexibility index (Phi) is 3.44. The molecule has 1 aromatic carbocycles. The largest absolute Gasteiger partial charge is 0.269 e. The second-order valence-corrected chi connectivity index (χ2v) is 2.21. The number of hydrogen-bond acceptors (Lipinski definition) is 0. The SMILES string of the molecule is Brc1ccccc1.F. The molecule has 0 aliphatic carbocycles. The van der Waals surface area contributed by atoms with Gasteiger partial charge in [0.25, 0.3) is 0 Å². The fourth-order valence-corrected chi connectivity index (χ4v) is 0.720. The van der Waals surface area contributed by atoms with E-state index in [0.29, 0.717) is 0 Å². The first kappa shape index (κ1) is 7.63. The second-order valence-electron chi connectivity index (χ2n) is 1.30. The Balaban J connectivity index is 0.000000490. The molecule has 0 spiro atoms. The first-order valence-corrected chi connectivity index (χ1v) is 2.89. The summed E-state index contributed by atoms with van der Waals surface area (Å²) >= 11 is 3.31. The molecule has 0 bridgehead atoms. The lowest BCUT2D eigenvalue weighted by Gasteiger charge is -1.80. The third-order valence-electron chi connectivity index (χ3n) is 0.733. The molecule has 0 nitrogen and oxygen atoms in total. The summed E-state index contributed by atoms with van der Waals surface area (Å²) in [4.78, 5) is 0. The van der Waals surface area contributed by atoms with E-state index >= 15 is 0 Å². The molecule has 44 valence electrons. The molecule has 0 unspecified atom stereocenters. The summed E-state index contributed by atoms with van der Waals surface area (Å²) < 4.78 is 1.13. The summed E-state index contributed by atoms with van der Waals surface area (Å²) in [6.45, 7) is 0. The lowest BCUT2D eigenvalue weighted by Crippen LogP contribution is -1.55. The van der Waals surface area contributed by atoms with Gasteiger partial charge in [-0.1, -0.05) is 34.1 Å². The highest BCUT2D eigenvalue weighted by atomic mass is 79.9. The molecule has 0 N–H and O–H groups in total. The van der Waals surface area contributed by atoms with Crippen LogP contribution in [0.25, 0.3) is 0 Å². The average molecular weight is 177 g/mol. The van der Waals surface area contributed by atoms with Crippen molar-refractivity contribution in [2.75, 3.05) is 0 Å². The van der Waals surface area contributed by atoms with Crippen LogP contribution in [0.15, 0.2) is 34.8 Å². The van der Waals surface area contributed by atoms with Gasteiger partial charge >= 0.3 is 0 Å². The smallest absolute Gasteiger partial charge is 0.0175 e. The molecule has 0 aromatic heterocycles. The predicted octanol–water partition coefficient (Wildman–Crippen LogP) is 2.60. The Morgan fingerprint density at radius 3 is 1.75 bits per heavy atom. The second kappa shape index (κ2) is 3.61. The van der Waals surface area contributed by atoms with E-state index in [-0.39, 0.29) is 4.70 Å². The van der Waals surface area contributed by atoms with E-state index in [2.05, 4.69) is 15.9 Å². The van der Waals surface area contributed by atoms with E-state index in [4.69, 9.17) is 0 Å². The van der Waals surface area contributed by atoms with Crippen LogP contribution in [0.5, 0.6) is 0 Å². The van der Waals surface area contributed by atoms with E-state index in [1.165, 1.54) is 0 Å². The van der Waals surface area contributed by atoms with Crippen LogP contribution in [0.3, 0.4) is 0 Å². The highest BCUT2D eigenvalue weighted by molar-refractivity contribution is 9.10. The van der Waals surface area contributed by atoms with Crippen molar-refractivity contribution in [2.24, 2.45) is 0 Å². The Morgan fingerprint density at radius 2 is 1.50 bits per heavy atom. The van der Waals surface area contributed by atoms with Crippen LogP contribution >= 0.6 is 15.9 Å². The maximum Gasteiger partial charge on any atom is 0.0175 e. The molecular weight excluding hydrogens is 171 g/mol. The lowest BCUT2D eigenvalue weighted by molar-refractivity contribution is 1.11. The number of halogens is 2. The van der Waals surface area contributed by atoms with Crippen molar-refractivity contribution in [2.45, 2.75) is 0 Å². The zero-order valence-corrected chi connectivity index (χ0v) is 5.76.